The Morgan fingerprint density at radius 1 is 0.909 bits per heavy atom. The topological polar surface area (TPSA) is 21.1 Å². The number of fused-ring (bicyclic) bond motifs is 1. The Bertz CT molecular complexity index is 761. The van der Waals surface area contributed by atoms with Crippen molar-refractivity contribution < 1.29 is 0 Å². The van der Waals surface area contributed by atoms with Gasteiger partial charge in [-0.3, -0.25) is 4.90 Å². The molecular formula is C19H19N3. The summed E-state index contributed by atoms with van der Waals surface area (Å²) >= 11 is 0. The van der Waals surface area contributed by atoms with Crippen LogP contribution in [0, 0.1) is 0 Å². The fraction of sp³-hybridized carbons (Fsp3) is 0.211. The highest BCUT2D eigenvalue weighted by Crippen LogP contribution is 2.20. The number of benzene rings is 2. The van der Waals surface area contributed by atoms with E-state index in [1.54, 1.807) is 0 Å². The number of aromatic nitrogens is 2. The van der Waals surface area contributed by atoms with Crippen molar-refractivity contribution in [3.8, 4) is 5.69 Å². The fourth-order valence-electron chi connectivity index (χ4n) is 3.11. The molecule has 1 aromatic heterocycles. The molecule has 0 radical (unpaired) electrons. The van der Waals surface area contributed by atoms with Gasteiger partial charge in [0, 0.05) is 31.4 Å². The van der Waals surface area contributed by atoms with E-state index in [9.17, 15) is 0 Å². The van der Waals surface area contributed by atoms with Gasteiger partial charge in [-0.2, -0.15) is 5.10 Å². The molecule has 0 aliphatic carbocycles. The molecule has 3 heteroatoms. The Hall–Kier alpha value is -2.39. The summed E-state index contributed by atoms with van der Waals surface area (Å²) in [5, 5.41) is 4.49. The quantitative estimate of drug-likeness (QED) is 0.736. The predicted octanol–water partition coefficient (Wildman–Crippen LogP) is 3.43. The molecule has 3 aromatic rings. The number of hydrogen-bond donors (Lipinski definition) is 0. The molecule has 0 spiro atoms. The fourth-order valence-corrected chi connectivity index (χ4v) is 3.11. The summed E-state index contributed by atoms with van der Waals surface area (Å²) in [4.78, 5) is 2.49. The van der Waals surface area contributed by atoms with Crippen molar-refractivity contribution in [2.75, 3.05) is 6.54 Å². The molecule has 110 valence electrons. The van der Waals surface area contributed by atoms with Crippen molar-refractivity contribution in [2.24, 2.45) is 0 Å². The van der Waals surface area contributed by atoms with Crippen molar-refractivity contribution >= 4 is 0 Å². The molecule has 0 unspecified atom stereocenters. The number of para-hydroxylation sites is 1. The van der Waals surface area contributed by atoms with Gasteiger partial charge in [-0.1, -0.05) is 42.5 Å². The van der Waals surface area contributed by atoms with Gasteiger partial charge in [-0.25, -0.2) is 4.68 Å². The molecule has 2 aromatic carbocycles. The third kappa shape index (κ3) is 2.68. The Morgan fingerprint density at radius 2 is 1.68 bits per heavy atom. The van der Waals surface area contributed by atoms with E-state index >= 15 is 0 Å². The summed E-state index contributed by atoms with van der Waals surface area (Å²) in [6.07, 6.45) is 5.26. The lowest BCUT2D eigenvalue weighted by Crippen LogP contribution is -2.29. The average Bonchev–Trinajstić information content (AvgIpc) is 3.04. The van der Waals surface area contributed by atoms with Crippen LogP contribution >= 0.6 is 0 Å². The smallest absolute Gasteiger partial charge is 0.0645 e. The highest BCUT2D eigenvalue weighted by atomic mass is 15.3. The number of rotatable bonds is 3. The molecule has 22 heavy (non-hydrogen) atoms. The molecule has 1 aliphatic heterocycles. The predicted molar refractivity (Wildman–Crippen MR) is 87.8 cm³/mol. The minimum atomic E-state index is 0.959. The Morgan fingerprint density at radius 3 is 2.55 bits per heavy atom. The first kappa shape index (κ1) is 13.3. The maximum absolute atomic E-state index is 4.49. The molecule has 0 saturated carbocycles. The van der Waals surface area contributed by atoms with Gasteiger partial charge in [0.2, 0.25) is 0 Å². The molecule has 0 saturated heterocycles. The number of nitrogens with zero attached hydrogens (tertiary/aromatic N) is 3. The summed E-state index contributed by atoms with van der Waals surface area (Å²) in [6.45, 7) is 3.11. The van der Waals surface area contributed by atoms with Crippen molar-refractivity contribution in [3.63, 3.8) is 0 Å². The van der Waals surface area contributed by atoms with Crippen LogP contribution in [0.5, 0.6) is 0 Å². The van der Waals surface area contributed by atoms with Gasteiger partial charge in [0.15, 0.2) is 0 Å². The van der Waals surface area contributed by atoms with Gasteiger partial charge in [-0.05, 0) is 29.7 Å². The van der Waals surface area contributed by atoms with Gasteiger partial charge in [0.25, 0.3) is 0 Å². The summed E-state index contributed by atoms with van der Waals surface area (Å²) in [5.74, 6) is 0. The molecule has 0 fully saturated rings. The lowest BCUT2D eigenvalue weighted by molar-refractivity contribution is 0.245. The van der Waals surface area contributed by atoms with Gasteiger partial charge in [-0.15, -0.1) is 0 Å². The van der Waals surface area contributed by atoms with Crippen LogP contribution < -0.4 is 0 Å². The summed E-state index contributed by atoms with van der Waals surface area (Å²) in [6, 6.07) is 19.0. The SMILES string of the molecule is c1ccc(-n2cc(CN3CCc4ccccc4C3)cn2)cc1. The van der Waals surface area contributed by atoms with Crippen molar-refractivity contribution in [1.29, 1.82) is 0 Å². The average molecular weight is 289 g/mol. The van der Waals surface area contributed by atoms with E-state index in [2.05, 4.69) is 52.6 Å². The van der Waals surface area contributed by atoms with Crippen LogP contribution in [-0.2, 0) is 19.5 Å². The van der Waals surface area contributed by atoms with E-state index in [0.717, 1.165) is 31.7 Å². The Labute approximate surface area is 130 Å². The van der Waals surface area contributed by atoms with Crippen LogP contribution in [0.3, 0.4) is 0 Å². The molecule has 3 nitrogen and oxygen atoms in total. The van der Waals surface area contributed by atoms with Crippen LogP contribution in [0.1, 0.15) is 16.7 Å². The minimum Gasteiger partial charge on any atom is -0.294 e. The molecule has 0 N–H and O–H groups in total. The molecular weight excluding hydrogens is 270 g/mol. The lowest BCUT2D eigenvalue weighted by Gasteiger charge is -2.28. The lowest BCUT2D eigenvalue weighted by atomic mass is 10.00. The second kappa shape index (κ2) is 5.78. The van der Waals surface area contributed by atoms with Gasteiger partial charge in [0.05, 0.1) is 11.9 Å². The van der Waals surface area contributed by atoms with Gasteiger partial charge in [0.1, 0.15) is 0 Å². The normalized spacial score (nSPS) is 14.7. The van der Waals surface area contributed by atoms with Crippen LogP contribution in [0.25, 0.3) is 5.69 Å². The van der Waals surface area contributed by atoms with Crippen molar-refractivity contribution in [3.05, 3.63) is 83.7 Å². The first-order chi connectivity index (χ1) is 10.9. The van der Waals surface area contributed by atoms with Crippen LogP contribution in [0.2, 0.25) is 0 Å². The molecule has 1 aliphatic rings. The van der Waals surface area contributed by atoms with E-state index in [4.69, 9.17) is 0 Å². The maximum atomic E-state index is 4.49. The van der Waals surface area contributed by atoms with Crippen LogP contribution in [0.15, 0.2) is 67.0 Å². The third-order valence-electron chi connectivity index (χ3n) is 4.27. The number of hydrogen-bond acceptors (Lipinski definition) is 2. The zero-order valence-corrected chi connectivity index (χ0v) is 12.5. The van der Waals surface area contributed by atoms with E-state index in [1.807, 2.05) is 29.1 Å². The second-order valence-electron chi connectivity index (χ2n) is 5.86. The van der Waals surface area contributed by atoms with Crippen molar-refractivity contribution in [2.45, 2.75) is 19.5 Å². The van der Waals surface area contributed by atoms with Crippen LogP contribution in [0.4, 0.5) is 0 Å². The zero-order chi connectivity index (χ0) is 14.8. The summed E-state index contributed by atoms with van der Waals surface area (Å²) in [5.41, 5.74) is 5.34. The summed E-state index contributed by atoms with van der Waals surface area (Å²) < 4.78 is 1.95. The first-order valence-corrected chi connectivity index (χ1v) is 7.76. The standard InChI is InChI=1S/C19H19N3/c1-2-8-19(9-3-1)22-14-16(12-20-22)13-21-11-10-17-6-4-5-7-18(17)15-21/h1-9,12,14H,10-11,13,15H2. The summed E-state index contributed by atoms with van der Waals surface area (Å²) in [7, 11) is 0. The van der Waals surface area contributed by atoms with Crippen LogP contribution in [-0.4, -0.2) is 21.2 Å². The third-order valence-corrected chi connectivity index (χ3v) is 4.27. The maximum Gasteiger partial charge on any atom is 0.0645 e. The molecule has 0 atom stereocenters. The Kier molecular flexibility index (Phi) is 3.49. The highest BCUT2D eigenvalue weighted by Gasteiger charge is 2.16. The molecule has 2 heterocycles. The van der Waals surface area contributed by atoms with E-state index < -0.39 is 0 Å². The Balaban J connectivity index is 1.48. The van der Waals surface area contributed by atoms with E-state index in [-0.39, 0.29) is 0 Å². The molecule has 4 rings (SSSR count). The van der Waals surface area contributed by atoms with Gasteiger partial charge >= 0.3 is 0 Å². The van der Waals surface area contributed by atoms with E-state index in [0.29, 0.717) is 0 Å². The molecule has 0 bridgehead atoms. The van der Waals surface area contributed by atoms with E-state index in [1.165, 1.54) is 16.7 Å². The van der Waals surface area contributed by atoms with Crippen molar-refractivity contribution in [1.82, 2.24) is 14.7 Å². The monoisotopic (exact) mass is 289 g/mol. The first-order valence-electron chi connectivity index (χ1n) is 7.76. The van der Waals surface area contributed by atoms with Gasteiger partial charge < -0.3 is 0 Å². The zero-order valence-electron chi connectivity index (χ0n) is 12.5. The largest absolute Gasteiger partial charge is 0.294 e. The molecule has 0 amide bonds. The minimum absolute atomic E-state index is 0.959. The second-order valence-corrected chi connectivity index (χ2v) is 5.86. The highest BCUT2D eigenvalue weighted by molar-refractivity contribution is 5.31.